The Bertz CT molecular complexity index is 323. The Morgan fingerprint density at radius 1 is 1.12 bits per heavy atom. The van der Waals surface area contributed by atoms with Gasteiger partial charge in [0.1, 0.15) is 0 Å². The molecule has 1 aromatic carbocycles. The second-order valence-electron chi connectivity index (χ2n) is 4.44. The fourth-order valence-electron chi connectivity index (χ4n) is 2.06. The maximum atomic E-state index is 5.73. The van der Waals surface area contributed by atoms with Crippen LogP contribution < -0.4 is 0 Å². The van der Waals surface area contributed by atoms with E-state index in [9.17, 15) is 0 Å². The molecule has 0 spiro atoms. The molecular weight excluding hydrogens is 200 g/mol. The van der Waals surface area contributed by atoms with E-state index in [-0.39, 0.29) is 0 Å². The average molecular weight is 220 g/mol. The summed E-state index contributed by atoms with van der Waals surface area (Å²) < 4.78 is 11.5. The van der Waals surface area contributed by atoms with Crippen LogP contribution in [-0.4, -0.2) is 13.2 Å². The maximum Gasteiger partial charge on any atom is 0.191 e. The van der Waals surface area contributed by atoms with Crippen LogP contribution in [0.15, 0.2) is 24.3 Å². The highest BCUT2D eigenvalue weighted by Crippen LogP contribution is 2.30. The molecule has 88 valence electrons. The third kappa shape index (κ3) is 2.45. The Balaban J connectivity index is 2.13. The van der Waals surface area contributed by atoms with E-state index < -0.39 is 5.79 Å². The van der Waals surface area contributed by atoms with Crippen LogP contribution in [0.25, 0.3) is 0 Å². The highest BCUT2D eigenvalue weighted by molar-refractivity contribution is 5.25. The van der Waals surface area contributed by atoms with Crippen LogP contribution in [-0.2, 0) is 21.7 Å². The van der Waals surface area contributed by atoms with Crippen molar-refractivity contribution in [2.24, 2.45) is 0 Å². The van der Waals surface area contributed by atoms with Gasteiger partial charge in [-0.25, -0.2) is 0 Å². The van der Waals surface area contributed by atoms with Gasteiger partial charge in [0.25, 0.3) is 0 Å². The first-order chi connectivity index (χ1) is 7.74. The number of aryl methyl sites for hydroxylation is 1. The van der Waals surface area contributed by atoms with E-state index >= 15 is 0 Å². The van der Waals surface area contributed by atoms with Gasteiger partial charge in [-0.15, -0.1) is 0 Å². The standard InChI is InChI=1S/C14H20O2/c1-3-5-12-6-8-13(9-7-12)14(2)15-10-4-11-16-14/h6-9H,3-5,10-11H2,1-2H3. The van der Waals surface area contributed by atoms with E-state index in [1.807, 2.05) is 6.92 Å². The summed E-state index contributed by atoms with van der Waals surface area (Å²) in [6.07, 6.45) is 3.31. The smallest absolute Gasteiger partial charge is 0.191 e. The van der Waals surface area contributed by atoms with Gasteiger partial charge in [-0.05, 0) is 25.3 Å². The lowest BCUT2D eigenvalue weighted by molar-refractivity contribution is -0.264. The quantitative estimate of drug-likeness (QED) is 0.778. The molecule has 1 aliphatic heterocycles. The van der Waals surface area contributed by atoms with Crippen LogP contribution in [0, 0.1) is 0 Å². The zero-order chi connectivity index (χ0) is 11.4. The lowest BCUT2D eigenvalue weighted by atomic mass is 10.0. The van der Waals surface area contributed by atoms with Gasteiger partial charge in [-0.3, -0.25) is 0 Å². The van der Waals surface area contributed by atoms with Crippen molar-refractivity contribution in [3.8, 4) is 0 Å². The van der Waals surface area contributed by atoms with Gasteiger partial charge >= 0.3 is 0 Å². The number of ether oxygens (including phenoxy) is 2. The predicted octanol–water partition coefficient (Wildman–Crippen LogP) is 3.25. The normalized spacial score (nSPS) is 19.6. The molecule has 2 heteroatoms. The molecular formula is C14H20O2. The van der Waals surface area contributed by atoms with E-state index in [2.05, 4.69) is 31.2 Å². The molecule has 0 aliphatic carbocycles. The summed E-state index contributed by atoms with van der Waals surface area (Å²) in [5.74, 6) is -0.539. The van der Waals surface area contributed by atoms with Crippen molar-refractivity contribution < 1.29 is 9.47 Å². The SMILES string of the molecule is CCCc1ccc(C2(C)OCCCO2)cc1. The molecule has 16 heavy (non-hydrogen) atoms. The summed E-state index contributed by atoms with van der Waals surface area (Å²) in [6, 6.07) is 8.59. The summed E-state index contributed by atoms with van der Waals surface area (Å²) in [4.78, 5) is 0. The topological polar surface area (TPSA) is 18.5 Å². The van der Waals surface area contributed by atoms with Gasteiger partial charge < -0.3 is 9.47 Å². The molecule has 2 nitrogen and oxygen atoms in total. The fourth-order valence-corrected chi connectivity index (χ4v) is 2.06. The lowest BCUT2D eigenvalue weighted by Gasteiger charge is -2.34. The van der Waals surface area contributed by atoms with Crippen LogP contribution in [0.2, 0.25) is 0 Å². The van der Waals surface area contributed by atoms with Crippen molar-refractivity contribution in [1.82, 2.24) is 0 Å². The molecule has 1 saturated heterocycles. The Morgan fingerprint density at radius 3 is 2.31 bits per heavy atom. The summed E-state index contributed by atoms with van der Waals surface area (Å²) in [5, 5.41) is 0. The van der Waals surface area contributed by atoms with Crippen LogP contribution in [0.4, 0.5) is 0 Å². The van der Waals surface area contributed by atoms with E-state index in [4.69, 9.17) is 9.47 Å². The number of hydrogen-bond acceptors (Lipinski definition) is 2. The first kappa shape index (κ1) is 11.6. The summed E-state index contributed by atoms with van der Waals surface area (Å²) in [7, 11) is 0. The molecule has 1 aromatic rings. The number of benzene rings is 1. The minimum atomic E-state index is -0.539. The van der Waals surface area contributed by atoms with Gasteiger partial charge in [0.15, 0.2) is 5.79 Å². The zero-order valence-corrected chi connectivity index (χ0v) is 10.2. The monoisotopic (exact) mass is 220 g/mol. The van der Waals surface area contributed by atoms with Crippen LogP contribution in [0.5, 0.6) is 0 Å². The Kier molecular flexibility index (Phi) is 3.62. The molecule has 0 amide bonds. The van der Waals surface area contributed by atoms with Crippen LogP contribution in [0.1, 0.15) is 37.8 Å². The largest absolute Gasteiger partial charge is 0.346 e. The van der Waals surface area contributed by atoms with E-state index in [1.165, 1.54) is 12.0 Å². The van der Waals surface area contributed by atoms with Crippen molar-refractivity contribution in [1.29, 1.82) is 0 Å². The van der Waals surface area contributed by atoms with Crippen molar-refractivity contribution >= 4 is 0 Å². The molecule has 1 fully saturated rings. The molecule has 0 atom stereocenters. The number of rotatable bonds is 3. The average Bonchev–Trinajstić information content (AvgIpc) is 2.31. The minimum absolute atomic E-state index is 0.539. The molecule has 0 radical (unpaired) electrons. The number of hydrogen-bond donors (Lipinski definition) is 0. The second-order valence-corrected chi connectivity index (χ2v) is 4.44. The van der Waals surface area contributed by atoms with Crippen molar-refractivity contribution in [3.63, 3.8) is 0 Å². The first-order valence-corrected chi connectivity index (χ1v) is 6.12. The van der Waals surface area contributed by atoms with E-state index in [1.54, 1.807) is 0 Å². The van der Waals surface area contributed by atoms with Gasteiger partial charge in [-0.1, -0.05) is 37.6 Å². The Hall–Kier alpha value is -0.860. The van der Waals surface area contributed by atoms with Crippen molar-refractivity contribution in [2.45, 2.75) is 38.9 Å². The summed E-state index contributed by atoms with van der Waals surface area (Å²) in [6.45, 7) is 5.77. The van der Waals surface area contributed by atoms with E-state index in [0.29, 0.717) is 0 Å². The molecule has 0 bridgehead atoms. The third-order valence-corrected chi connectivity index (χ3v) is 3.06. The van der Waals surface area contributed by atoms with Crippen LogP contribution in [0.3, 0.4) is 0 Å². The van der Waals surface area contributed by atoms with Gasteiger partial charge in [0.2, 0.25) is 0 Å². The molecule has 1 heterocycles. The highest BCUT2D eigenvalue weighted by Gasteiger charge is 2.30. The van der Waals surface area contributed by atoms with Crippen LogP contribution >= 0.6 is 0 Å². The first-order valence-electron chi connectivity index (χ1n) is 6.12. The van der Waals surface area contributed by atoms with Crippen molar-refractivity contribution in [3.05, 3.63) is 35.4 Å². The maximum absolute atomic E-state index is 5.73. The van der Waals surface area contributed by atoms with Gasteiger partial charge in [0, 0.05) is 5.56 Å². The summed E-state index contributed by atoms with van der Waals surface area (Å²) >= 11 is 0. The molecule has 0 aromatic heterocycles. The fraction of sp³-hybridized carbons (Fsp3) is 0.571. The zero-order valence-electron chi connectivity index (χ0n) is 10.2. The Labute approximate surface area is 97.6 Å². The van der Waals surface area contributed by atoms with Crippen molar-refractivity contribution in [2.75, 3.05) is 13.2 Å². The highest BCUT2D eigenvalue weighted by atomic mass is 16.7. The Morgan fingerprint density at radius 2 is 1.75 bits per heavy atom. The molecule has 0 N–H and O–H groups in total. The molecule has 0 unspecified atom stereocenters. The molecule has 1 aliphatic rings. The second kappa shape index (κ2) is 4.98. The van der Waals surface area contributed by atoms with E-state index in [0.717, 1.165) is 31.6 Å². The molecule has 2 rings (SSSR count). The van der Waals surface area contributed by atoms with Gasteiger partial charge in [0.05, 0.1) is 13.2 Å². The molecule has 0 saturated carbocycles. The third-order valence-electron chi connectivity index (χ3n) is 3.06. The van der Waals surface area contributed by atoms with Gasteiger partial charge in [-0.2, -0.15) is 0 Å². The predicted molar refractivity (Wildman–Crippen MR) is 64.3 cm³/mol. The summed E-state index contributed by atoms with van der Waals surface area (Å²) in [5.41, 5.74) is 2.50. The minimum Gasteiger partial charge on any atom is -0.346 e. The lowest BCUT2D eigenvalue weighted by Crippen LogP contribution is -2.34.